The third-order valence-electron chi connectivity index (χ3n) is 5.07. The first-order valence-corrected chi connectivity index (χ1v) is 10.7. The van der Waals surface area contributed by atoms with E-state index in [2.05, 4.69) is 25.7 Å². The van der Waals surface area contributed by atoms with Crippen LogP contribution in [0.5, 0.6) is 0 Å². The molecule has 0 aliphatic heterocycles. The number of fused-ring (bicyclic) bond motifs is 1. The standard InChI is InChI=1S/C23H20ClF3N6O/c1-13-19-20(28-11-12-29-22(34)15-7-9-16(10-8-15)23(25,26)27)30-14(2)31-21(19)33(32-13)18-6-4-3-5-17(18)24/h3-10H,11-12H2,1-2H3,(H,29,34)(H,28,30,31). The first kappa shape index (κ1) is 23.5. The molecule has 0 aliphatic carbocycles. The quantitative estimate of drug-likeness (QED) is 0.375. The molecule has 0 radical (unpaired) electrons. The van der Waals surface area contributed by atoms with Gasteiger partial charge in [-0.15, -0.1) is 0 Å². The van der Waals surface area contributed by atoms with E-state index in [4.69, 9.17) is 11.6 Å². The number of hydrogen-bond acceptors (Lipinski definition) is 5. The number of aryl methyl sites for hydroxylation is 2. The summed E-state index contributed by atoms with van der Waals surface area (Å²) in [5.74, 6) is 0.612. The lowest BCUT2D eigenvalue weighted by atomic mass is 10.1. The minimum Gasteiger partial charge on any atom is -0.368 e. The van der Waals surface area contributed by atoms with Crippen molar-refractivity contribution in [1.82, 2.24) is 25.1 Å². The smallest absolute Gasteiger partial charge is 0.368 e. The molecule has 0 unspecified atom stereocenters. The monoisotopic (exact) mass is 488 g/mol. The van der Waals surface area contributed by atoms with E-state index in [0.717, 1.165) is 29.7 Å². The van der Waals surface area contributed by atoms with E-state index in [1.54, 1.807) is 17.7 Å². The van der Waals surface area contributed by atoms with Crippen LogP contribution in [0.3, 0.4) is 0 Å². The number of anilines is 1. The number of nitrogens with zero attached hydrogens (tertiary/aromatic N) is 4. The SMILES string of the molecule is Cc1nc(NCCNC(=O)c2ccc(C(F)(F)F)cc2)c2c(C)nn(-c3ccccc3Cl)c2n1. The number of carbonyl (C=O) groups is 1. The molecule has 0 saturated carbocycles. The number of amides is 1. The zero-order valence-corrected chi connectivity index (χ0v) is 19.0. The number of alkyl halides is 3. The number of carbonyl (C=O) groups excluding carboxylic acids is 1. The van der Waals surface area contributed by atoms with Crippen LogP contribution in [0.15, 0.2) is 48.5 Å². The molecule has 0 aliphatic rings. The summed E-state index contributed by atoms with van der Waals surface area (Å²) in [5, 5.41) is 11.7. The Morgan fingerprint density at radius 3 is 2.41 bits per heavy atom. The number of nitrogens with one attached hydrogen (secondary N) is 2. The van der Waals surface area contributed by atoms with Crippen molar-refractivity contribution in [2.45, 2.75) is 20.0 Å². The average molecular weight is 489 g/mol. The number of halogens is 4. The Hall–Kier alpha value is -3.66. The van der Waals surface area contributed by atoms with Gasteiger partial charge in [0.05, 0.1) is 27.4 Å². The molecule has 2 heterocycles. The summed E-state index contributed by atoms with van der Waals surface area (Å²) in [6, 6.07) is 11.4. The molecule has 0 saturated heterocycles. The van der Waals surface area contributed by atoms with Gasteiger partial charge in [-0.1, -0.05) is 23.7 Å². The Kier molecular flexibility index (Phi) is 6.43. The van der Waals surface area contributed by atoms with Crippen molar-refractivity contribution in [2.75, 3.05) is 18.4 Å². The van der Waals surface area contributed by atoms with Crippen LogP contribution in [0.4, 0.5) is 19.0 Å². The molecule has 11 heteroatoms. The molecular formula is C23H20ClF3N6O. The lowest BCUT2D eigenvalue weighted by Gasteiger charge is -2.11. The summed E-state index contributed by atoms with van der Waals surface area (Å²) in [6.07, 6.45) is -4.45. The topological polar surface area (TPSA) is 84.7 Å². The largest absolute Gasteiger partial charge is 0.416 e. The van der Waals surface area contributed by atoms with Gasteiger partial charge in [0.1, 0.15) is 11.6 Å². The molecule has 176 valence electrons. The van der Waals surface area contributed by atoms with Gasteiger partial charge in [0.15, 0.2) is 5.65 Å². The molecule has 2 aromatic carbocycles. The molecule has 4 rings (SSSR count). The molecule has 0 spiro atoms. The highest BCUT2D eigenvalue weighted by atomic mass is 35.5. The van der Waals surface area contributed by atoms with Gasteiger partial charge in [0, 0.05) is 18.7 Å². The highest BCUT2D eigenvalue weighted by Gasteiger charge is 2.30. The first-order chi connectivity index (χ1) is 16.1. The van der Waals surface area contributed by atoms with Crippen molar-refractivity contribution in [3.63, 3.8) is 0 Å². The fourth-order valence-electron chi connectivity index (χ4n) is 3.48. The molecule has 1 amide bonds. The molecule has 34 heavy (non-hydrogen) atoms. The fourth-order valence-corrected chi connectivity index (χ4v) is 3.70. The van der Waals surface area contributed by atoms with Gasteiger partial charge in [-0.05, 0) is 50.2 Å². The van der Waals surface area contributed by atoms with Crippen LogP contribution in [0.25, 0.3) is 16.7 Å². The normalized spacial score (nSPS) is 11.6. The average Bonchev–Trinajstić information content (AvgIpc) is 3.12. The molecule has 4 aromatic rings. The molecular weight excluding hydrogens is 469 g/mol. The van der Waals surface area contributed by atoms with Crippen LogP contribution in [0.1, 0.15) is 27.4 Å². The lowest BCUT2D eigenvalue weighted by Crippen LogP contribution is -2.29. The Morgan fingerprint density at radius 1 is 1.03 bits per heavy atom. The highest BCUT2D eigenvalue weighted by molar-refractivity contribution is 6.32. The van der Waals surface area contributed by atoms with Crippen LogP contribution >= 0.6 is 11.6 Å². The lowest BCUT2D eigenvalue weighted by molar-refractivity contribution is -0.137. The predicted octanol–water partition coefficient (Wildman–Crippen LogP) is 4.95. The highest BCUT2D eigenvalue weighted by Crippen LogP contribution is 2.30. The van der Waals surface area contributed by atoms with E-state index in [0.29, 0.717) is 40.2 Å². The number of rotatable bonds is 6. The maximum Gasteiger partial charge on any atom is 0.416 e. The van der Waals surface area contributed by atoms with Gasteiger partial charge in [0.2, 0.25) is 0 Å². The van der Waals surface area contributed by atoms with Crippen LogP contribution in [0.2, 0.25) is 5.02 Å². The van der Waals surface area contributed by atoms with Gasteiger partial charge in [-0.2, -0.15) is 18.3 Å². The van der Waals surface area contributed by atoms with E-state index in [1.807, 2.05) is 25.1 Å². The minimum atomic E-state index is -4.45. The van der Waals surface area contributed by atoms with Gasteiger partial charge in [0.25, 0.3) is 5.91 Å². The van der Waals surface area contributed by atoms with Crippen LogP contribution in [0, 0.1) is 13.8 Å². The maximum atomic E-state index is 12.7. The Balaban J connectivity index is 1.47. The maximum absolute atomic E-state index is 12.7. The van der Waals surface area contributed by atoms with E-state index >= 15 is 0 Å². The van der Waals surface area contributed by atoms with Crippen molar-refractivity contribution in [1.29, 1.82) is 0 Å². The summed E-state index contributed by atoms with van der Waals surface area (Å²) in [5.41, 5.74) is 1.32. The van der Waals surface area contributed by atoms with Gasteiger partial charge in [-0.3, -0.25) is 4.79 Å². The zero-order valence-electron chi connectivity index (χ0n) is 18.2. The number of aromatic nitrogens is 4. The van der Waals surface area contributed by atoms with Crippen molar-refractivity contribution in [3.05, 3.63) is 76.2 Å². The Morgan fingerprint density at radius 2 is 1.74 bits per heavy atom. The third kappa shape index (κ3) is 4.81. The third-order valence-corrected chi connectivity index (χ3v) is 5.39. The molecule has 0 atom stereocenters. The molecule has 0 bridgehead atoms. The Labute approximate surface area is 198 Å². The van der Waals surface area contributed by atoms with Gasteiger partial charge >= 0.3 is 6.18 Å². The summed E-state index contributed by atoms with van der Waals surface area (Å²) < 4.78 is 39.7. The second kappa shape index (κ2) is 9.30. The molecule has 2 N–H and O–H groups in total. The number of benzene rings is 2. The molecule has 0 fully saturated rings. The fraction of sp³-hybridized carbons (Fsp3) is 0.217. The van der Waals surface area contributed by atoms with Gasteiger partial charge in [-0.25, -0.2) is 14.6 Å². The van der Waals surface area contributed by atoms with Gasteiger partial charge < -0.3 is 10.6 Å². The molecule has 2 aromatic heterocycles. The van der Waals surface area contributed by atoms with Crippen LogP contribution in [-0.2, 0) is 6.18 Å². The zero-order chi connectivity index (χ0) is 24.5. The summed E-state index contributed by atoms with van der Waals surface area (Å²) in [7, 11) is 0. The first-order valence-electron chi connectivity index (χ1n) is 10.3. The Bertz CT molecular complexity index is 1350. The minimum absolute atomic E-state index is 0.144. The van der Waals surface area contributed by atoms with Crippen LogP contribution in [-0.4, -0.2) is 38.7 Å². The molecule has 7 nitrogen and oxygen atoms in total. The van der Waals surface area contributed by atoms with E-state index < -0.39 is 17.6 Å². The predicted molar refractivity (Wildman–Crippen MR) is 123 cm³/mol. The number of para-hydroxylation sites is 1. The van der Waals surface area contributed by atoms with Crippen molar-refractivity contribution in [2.24, 2.45) is 0 Å². The number of hydrogen-bond donors (Lipinski definition) is 2. The van der Waals surface area contributed by atoms with E-state index in [9.17, 15) is 18.0 Å². The summed E-state index contributed by atoms with van der Waals surface area (Å²) in [6.45, 7) is 4.15. The second-order valence-corrected chi connectivity index (χ2v) is 7.93. The van der Waals surface area contributed by atoms with E-state index in [1.165, 1.54) is 0 Å². The van der Waals surface area contributed by atoms with Crippen LogP contribution < -0.4 is 10.6 Å². The van der Waals surface area contributed by atoms with E-state index in [-0.39, 0.29) is 12.1 Å². The second-order valence-electron chi connectivity index (χ2n) is 7.52. The summed E-state index contributed by atoms with van der Waals surface area (Å²) >= 11 is 6.35. The summed E-state index contributed by atoms with van der Waals surface area (Å²) in [4.78, 5) is 21.3. The van der Waals surface area contributed by atoms with Crippen molar-refractivity contribution >= 4 is 34.4 Å². The van der Waals surface area contributed by atoms with Crippen molar-refractivity contribution < 1.29 is 18.0 Å². The van der Waals surface area contributed by atoms with Crippen molar-refractivity contribution in [3.8, 4) is 5.69 Å².